The van der Waals surface area contributed by atoms with Gasteiger partial charge in [0.05, 0.1) is 22.0 Å². The van der Waals surface area contributed by atoms with Gasteiger partial charge in [-0.25, -0.2) is 13.8 Å². The first-order valence-corrected chi connectivity index (χ1v) is 9.95. The molecular formula is C16H18ClN3O3S2. The highest BCUT2D eigenvalue weighted by atomic mass is 35.5. The van der Waals surface area contributed by atoms with Crippen LogP contribution in [0.2, 0.25) is 5.02 Å². The van der Waals surface area contributed by atoms with Crippen molar-refractivity contribution < 1.29 is 13.2 Å². The van der Waals surface area contributed by atoms with Crippen LogP contribution in [0.4, 0.5) is 0 Å². The molecule has 25 heavy (non-hydrogen) atoms. The fraction of sp³-hybridized carbons (Fsp3) is 0.250. The molecule has 0 unspecified atom stereocenters. The number of rotatable bonds is 6. The zero-order valence-corrected chi connectivity index (χ0v) is 16.4. The predicted octanol–water partition coefficient (Wildman–Crippen LogP) is 2.87. The summed E-state index contributed by atoms with van der Waals surface area (Å²) in [4.78, 5) is 14.1. The average molecular weight is 400 g/mol. The molecule has 0 aliphatic carbocycles. The molecule has 1 aromatic heterocycles. The lowest BCUT2D eigenvalue weighted by molar-refractivity contribution is -0.121. The number of hydrogen-bond acceptors (Lipinski definition) is 5. The molecule has 134 valence electrons. The summed E-state index contributed by atoms with van der Waals surface area (Å²) >= 11 is 7.33. The Balaban J connectivity index is 2.00. The Hall–Kier alpha value is -1.74. The van der Waals surface area contributed by atoms with E-state index in [-0.39, 0.29) is 11.4 Å². The van der Waals surface area contributed by atoms with Crippen LogP contribution in [0, 0.1) is 6.92 Å². The topological polar surface area (TPSA) is 78.8 Å². The van der Waals surface area contributed by atoms with Crippen molar-refractivity contribution in [1.82, 2.24) is 9.73 Å². The van der Waals surface area contributed by atoms with Gasteiger partial charge >= 0.3 is 0 Å². The third-order valence-corrected chi connectivity index (χ3v) is 6.51. The Morgan fingerprint density at radius 2 is 1.88 bits per heavy atom. The number of carbonyl (C=O) groups excluding carboxylic acids is 1. The van der Waals surface area contributed by atoms with E-state index < -0.39 is 15.9 Å². The van der Waals surface area contributed by atoms with Crippen LogP contribution >= 0.6 is 22.9 Å². The molecule has 0 radical (unpaired) electrons. The highest BCUT2D eigenvalue weighted by Gasteiger charge is 2.22. The van der Waals surface area contributed by atoms with Gasteiger partial charge < -0.3 is 0 Å². The van der Waals surface area contributed by atoms with Crippen LogP contribution in [-0.4, -0.2) is 37.9 Å². The van der Waals surface area contributed by atoms with Gasteiger partial charge in [0.2, 0.25) is 10.0 Å². The molecule has 1 N–H and O–H groups in total. The first-order chi connectivity index (χ1) is 11.7. The maximum Gasteiger partial charge on any atom is 0.255 e. The zero-order chi connectivity index (χ0) is 18.6. The van der Waals surface area contributed by atoms with E-state index in [1.54, 1.807) is 18.3 Å². The third kappa shape index (κ3) is 5.12. The zero-order valence-electron chi connectivity index (χ0n) is 14.0. The first kappa shape index (κ1) is 19.6. The van der Waals surface area contributed by atoms with Crippen LogP contribution in [0.25, 0.3) is 0 Å². The molecule has 0 aliphatic rings. The second kappa shape index (κ2) is 8.09. The SMILES string of the molecule is C/C(=N/NC(=O)CN(C)S(=O)(=O)c1ccc(Cl)cc1)c1ccc(C)s1. The minimum absolute atomic E-state index is 0.0703. The van der Waals surface area contributed by atoms with E-state index in [2.05, 4.69) is 10.5 Å². The Kier molecular flexibility index (Phi) is 6.34. The van der Waals surface area contributed by atoms with Gasteiger partial charge in [0.15, 0.2) is 0 Å². The summed E-state index contributed by atoms with van der Waals surface area (Å²) in [5.41, 5.74) is 3.04. The van der Waals surface area contributed by atoms with E-state index >= 15 is 0 Å². The predicted molar refractivity (Wildman–Crippen MR) is 101 cm³/mol. The summed E-state index contributed by atoms with van der Waals surface area (Å²) in [7, 11) is -2.43. The standard InChI is InChI=1S/C16H18ClN3O3S2/c1-11-4-9-15(24-11)12(2)18-19-16(21)10-20(3)25(22,23)14-7-5-13(17)6-8-14/h4-9H,10H2,1-3H3,(H,19,21)/b18-12-. The fourth-order valence-corrected chi connectivity index (χ4v) is 4.00. The molecular weight excluding hydrogens is 382 g/mol. The van der Waals surface area contributed by atoms with E-state index in [1.165, 1.54) is 31.3 Å². The number of sulfonamides is 1. The largest absolute Gasteiger partial charge is 0.272 e. The smallest absolute Gasteiger partial charge is 0.255 e. The number of likely N-dealkylation sites (N-methyl/N-ethyl adjacent to an activating group) is 1. The number of hydrazone groups is 1. The normalized spacial score (nSPS) is 12.4. The van der Waals surface area contributed by atoms with E-state index in [9.17, 15) is 13.2 Å². The van der Waals surface area contributed by atoms with Crippen molar-refractivity contribution in [1.29, 1.82) is 0 Å². The summed E-state index contributed by atoms with van der Waals surface area (Å²) in [5, 5.41) is 4.45. The van der Waals surface area contributed by atoms with Crippen LogP contribution in [0.5, 0.6) is 0 Å². The molecule has 9 heteroatoms. The third-order valence-electron chi connectivity index (χ3n) is 3.33. The van der Waals surface area contributed by atoms with Crippen LogP contribution in [0.3, 0.4) is 0 Å². The van der Waals surface area contributed by atoms with Crippen molar-refractivity contribution in [3.8, 4) is 0 Å². The van der Waals surface area contributed by atoms with Gasteiger partial charge in [-0.3, -0.25) is 4.79 Å². The summed E-state index contributed by atoms with van der Waals surface area (Å²) < 4.78 is 25.8. The minimum atomic E-state index is -3.77. The van der Waals surface area contributed by atoms with E-state index in [4.69, 9.17) is 11.6 Å². The molecule has 0 atom stereocenters. The van der Waals surface area contributed by atoms with E-state index in [0.717, 1.165) is 14.1 Å². The lowest BCUT2D eigenvalue weighted by atomic mass is 10.3. The molecule has 0 spiro atoms. The van der Waals surface area contributed by atoms with Crippen molar-refractivity contribution >= 4 is 44.6 Å². The number of hydrogen-bond donors (Lipinski definition) is 1. The molecule has 0 saturated carbocycles. The number of thiophene rings is 1. The fourth-order valence-electron chi connectivity index (χ4n) is 1.94. The Morgan fingerprint density at radius 1 is 1.24 bits per heavy atom. The number of nitrogens with one attached hydrogen (secondary N) is 1. The van der Waals surface area contributed by atoms with Gasteiger partial charge in [0.25, 0.3) is 5.91 Å². The van der Waals surface area contributed by atoms with Crippen molar-refractivity contribution in [3.63, 3.8) is 0 Å². The van der Waals surface area contributed by atoms with Crippen LogP contribution < -0.4 is 5.43 Å². The van der Waals surface area contributed by atoms with Gasteiger partial charge in [0.1, 0.15) is 0 Å². The minimum Gasteiger partial charge on any atom is -0.272 e. The number of amides is 1. The van der Waals surface area contributed by atoms with E-state index in [1.807, 2.05) is 19.1 Å². The summed E-state index contributed by atoms with van der Waals surface area (Å²) in [6.07, 6.45) is 0. The monoisotopic (exact) mass is 399 g/mol. The Morgan fingerprint density at radius 3 is 2.44 bits per heavy atom. The lowest BCUT2D eigenvalue weighted by Crippen LogP contribution is -2.36. The van der Waals surface area contributed by atoms with Gasteiger partial charge in [0, 0.05) is 16.9 Å². The van der Waals surface area contributed by atoms with Crippen molar-refractivity contribution in [2.45, 2.75) is 18.7 Å². The summed E-state index contributed by atoms with van der Waals surface area (Å²) in [6.45, 7) is 3.42. The molecule has 0 fully saturated rings. The summed E-state index contributed by atoms with van der Waals surface area (Å²) in [5.74, 6) is -0.521. The number of carbonyl (C=O) groups is 1. The second-order valence-corrected chi connectivity index (χ2v) is 9.13. The molecule has 1 aromatic carbocycles. The molecule has 1 amide bonds. The lowest BCUT2D eigenvalue weighted by Gasteiger charge is -2.16. The number of nitrogens with zero attached hydrogens (tertiary/aromatic N) is 2. The number of benzene rings is 1. The summed E-state index contributed by atoms with van der Waals surface area (Å²) in [6, 6.07) is 9.65. The first-order valence-electron chi connectivity index (χ1n) is 7.32. The van der Waals surface area contributed by atoms with Gasteiger partial charge in [-0.15, -0.1) is 11.3 Å². The van der Waals surface area contributed by atoms with Gasteiger partial charge in [-0.1, -0.05) is 11.6 Å². The molecule has 0 saturated heterocycles. The molecule has 0 bridgehead atoms. The van der Waals surface area contributed by atoms with Crippen molar-refractivity contribution in [2.24, 2.45) is 5.10 Å². The average Bonchev–Trinajstić information content (AvgIpc) is 2.99. The van der Waals surface area contributed by atoms with Crippen LogP contribution in [0.1, 0.15) is 16.7 Å². The molecule has 6 nitrogen and oxygen atoms in total. The molecule has 0 aliphatic heterocycles. The van der Waals surface area contributed by atoms with Crippen LogP contribution in [0.15, 0.2) is 46.4 Å². The van der Waals surface area contributed by atoms with Crippen molar-refractivity contribution in [2.75, 3.05) is 13.6 Å². The molecule has 2 rings (SSSR count). The molecule has 1 heterocycles. The quantitative estimate of drug-likeness (QED) is 0.599. The maximum absolute atomic E-state index is 12.4. The van der Waals surface area contributed by atoms with E-state index in [0.29, 0.717) is 10.7 Å². The van der Waals surface area contributed by atoms with Crippen LogP contribution in [-0.2, 0) is 14.8 Å². The second-order valence-electron chi connectivity index (χ2n) is 5.36. The maximum atomic E-state index is 12.4. The molecule has 2 aromatic rings. The number of halogens is 1. The highest BCUT2D eigenvalue weighted by Crippen LogP contribution is 2.17. The van der Waals surface area contributed by atoms with Gasteiger partial charge in [-0.05, 0) is 50.2 Å². The Labute approximate surface area is 156 Å². The highest BCUT2D eigenvalue weighted by molar-refractivity contribution is 7.89. The Bertz CT molecular complexity index is 890. The van der Waals surface area contributed by atoms with Crippen molar-refractivity contribution in [3.05, 3.63) is 51.2 Å². The van der Waals surface area contributed by atoms with Gasteiger partial charge in [-0.2, -0.15) is 9.41 Å². The number of aryl methyl sites for hydroxylation is 1.